The van der Waals surface area contributed by atoms with Crippen LogP contribution in [-0.4, -0.2) is 37.2 Å². The second kappa shape index (κ2) is 2.86. The van der Waals surface area contributed by atoms with Crippen LogP contribution in [0.1, 0.15) is 13.8 Å². The summed E-state index contributed by atoms with van der Waals surface area (Å²) in [5.41, 5.74) is 0.377. The molecule has 2 heteroatoms. The molecule has 0 aromatic carbocycles. The monoisotopic (exact) mass is 167 g/mol. The Morgan fingerprint density at radius 3 is 2.67 bits per heavy atom. The van der Waals surface area contributed by atoms with Gasteiger partial charge in [0.25, 0.3) is 0 Å². The van der Waals surface area contributed by atoms with Crippen molar-refractivity contribution >= 4 is 0 Å². The Kier molecular flexibility index (Phi) is 1.97. The van der Waals surface area contributed by atoms with Crippen molar-refractivity contribution in [3.63, 3.8) is 0 Å². The minimum absolute atomic E-state index is 0.377. The van der Waals surface area contributed by atoms with Gasteiger partial charge in [-0.2, -0.15) is 0 Å². The van der Waals surface area contributed by atoms with E-state index >= 15 is 0 Å². The molecular weight excluding hydrogens is 150 g/mol. The first-order valence-corrected chi connectivity index (χ1v) is 4.71. The SMILES string of the molecule is CC(C)N1CC=CC2(COC2)C1. The normalized spacial score (nSPS) is 27.9. The first-order valence-electron chi connectivity index (χ1n) is 4.71. The Balaban J connectivity index is 2.03. The topological polar surface area (TPSA) is 12.5 Å². The fourth-order valence-corrected chi connectivity index (χ4v) is 1.90. The Labute approximate surface area is 74.2 Å². The molecule has 0 aromatic rings. The van der Waals surface area contributed by atoms with E-state index in [1.54, 1.807) is 0 Å². The van der Waals surface area contributed by atoms with Crippen LogP contribution in [0.15, 0.2) is 12.2 Å². The molecule has 2 rings (SSSR count). The van der Waals surface area contributed by atoms with E-state index in [1.807, 2.05) is 0 Å². The molecule has 0 atom stereocenters. The maximum absolute atomic E-state index is 5.27. The molecule has 0 radical (unpaired) electrons. The highest BCUT2D eigenvalue weighted by atomic mass is 16.5. The van der Waals surface area contributed by atoms with Crippen molar-refractivity contribution in [2.45, 2.75) is 19.9 Å². The third-order valence-electron chi connectivity index (χ3n) is 2.84. The van der Waals surface area contributed by atoms with Crippen molar-refractivity contribution in [1.82, 2.24) is 4.90 Å². The van der Waals surface area contributed by atoms with Gasteiger partial charge in [0.2, 0.25) is 0 Å². The van der Waals surface area contributed by atoms with Crippen LogP contribution >= 0.6 is 0 Å². The van der Waals surface area contributed by atoms with Gasteiger partial charge >= 0.3 is 0 Å². The molecule has 0 N–H and O–H groups in total. The van der Waals surface area contributed by atoms with E-state index in [0.29, 0.717) is 11.5 Å². The van der Waals surface area contributed by atoms with Gasteiger partial charge in [-0.15, -0.1) is 0 Å². The van der Waals surface area contributed by atoms with Gasteiger partial charge in [-0.05, 0) is 13.8 Å². The van der Waals surface area contributed by atoms with E-state index in [9.17, 15) is 0 Å². The molecule has 1 fully saturated rings. The van der Waals surface area contributed by atoms with Crippen molar-refractivity contribution in [3.8, 4) is 0 Å². The first kappa shape index (κ1) is 8.27. The van der Waals surface area contributed by atoms with Gasteiger partial charge in [0, 0.05) is 24.5 Å². The summed E-state index contributed by atoms with van der Waals surface area (Å²) in [4.78, 5) is 2.50. The summed E-state index contributed by atoms with van der Waals surface area (Å²) in [6.07, 6.45) is 4.63. The average molecular weight is 167 g/mol. The molecule has 68 valence electrons. The van der Waals surface area contributed by atoms with Crippen LogP contribution in [-0.2, 0) is 4.74 Å². The largest absolute Gasteiger partial charge is 0.379 e. The molecule has 1 saturated heterocycles. The first-order chi connectivity index (χ1) is 5.72. The van der Waals surface area contributed by atoms with Crippen LogP contribution < -0.4 is 0 Å². The summed E-state index contributed by atoms with van der Waals surface area (Å²) >= 11 is 0. The molecule has 2 aliphatic rings. The van der Waals surface area contributed by atoms with Crippen molar-refractivity contribution in [2.75, 3.05) is 26.3 Å². The smallest absolute Gasteiger partial charge is 0.0592 e. The summed E-state index contributed by atoms with van der Waals surface area (Å²) in [6.45, 7) is 8.65. The molecule has 12 heavy (non-hydrogen) atoms. The lowest BCUT2D eigenvalue weighted by atomic mass is 9.82. The summed E-state index contributed by atoms with van der Waals surface area (Å²) in [5.74, 6) is 0. The number of ether oxygens (including phenoxy) is 1. The summed E-state index contributed by atoms with van der Waals surface area (Å²) < 4.78 is 5.27. The van der Waals surface area contributed by atoms with Crippen molar-refractivity contribution in [1.29, 1.82) is 0 Å². The van der Waals surface area contributed by atoms with Crippen molar-refractivity contribution in [3.05, 3.63) is 12.2 Å². The maximum atomic E-state index is 5.27. The van der Waals surface area contributed by atoms with Gasteiger partial charge in [-0.1, -0.05) is 12.2 Å². The van der Waals surface area contributed by atoms with Crippen LogP contribution in [0.3, 0.4) is 0 Å². The molecule has 0 aromatic heterocycles. The third kappa shape index (κ3) is 1.29. The van der Waals surface area contributed by atoms with Gasteiger partial charge in [-0.25, -0.2) is 0 Å². The molecular formula is C10H17NO. The molecule has 2 nitrogen and oxygen atoms in total. The molecule has 0 aliphatic carbocycles. The quantitative estimate of drug-likeness (QED) is 0.545. The number of hydrogen-bond acceptors (Lipinski definition) is 2. The van der Waals surface area contributed by atoms with E-state index in [0.717, 1.165) is 19.8 Å². The Bertz CT molecular complexity index is 194. The lowest BCUT2D eigenvalue weighted by Gasteiger charge is -2.46. The molecule has 0 bridgehead atoms. The summed E-state index contributed by atoms with van der Waals surface area (Å²) in [7, 11) is 0. The van der Waals surface area contributed by atoms with Crippen molar-refractivity contribution in [2.24, 2.45) is 5.41 Å². The average Bonchev–Trinajstić information content (AvgIpc) is 2.02. The zero-order valence-electron chi connectivity index (χ0n) is 7.92. The Hall–Kier alpha value is -0.340. The van der Waals surface area contributed by atoms with Crippen LogP contribution in [0.25, 0.3) is 0 Å². The Morgan fingerprint density at radius 2 is 2.17 bits per heavy atom. The highest BCUT2D eigenvalue weighted by Crippen LogP contribution is 2.33. The number of hydrogen-bond donors (Lipinski definition) is 0. The maximum Gasteiger partial charge on any atom is 0.0592 e. The van der Waals surface area contributed by atoms with E-state index in [2.05, 4.69) is 30.9 Å². The fourth-order valence-electron chi connectivity index (χ4n) is 1.90. The molecule has 0 unspecified atom stereocenters. The van der Waals surface area contributed by atoms with Crippen LogP contribution in [0.5, 0.6) is 0 Å². The molecule has 1 spiro atoms. The predicted molar refractivity (Wildman–Crippen MR) is 49.1 cm³/mol. The second-order valence-electron chi connectivity index (χ2n) is 4.28. The number of rotatable bonds is 1. The molecule has 2 heterocycles. The standard InChI is InChI=1S/C10H17NO/c1-9(2)11-5-3-4-10(6-11)7-12-8-10/h3-4,9H,5-8H2,1-2H3. The summed E-state index contributed by atoms with van der Waals surface area (Å²) in [6, 6.07) is 0.660. The van der Waals surface area contributed by atoms with Gasteiger partial charge in [-0.3, -0.25) is 4.90 Å². The highest BCUT2D eigenvalue weighted by Gasteiger charge is 2.39. The molecule has 2 aliphatic heterocycles. The van der Waals surface area contributed by atoms with Crippen LogP contribution in [0, 0.1) is 5.41 Å². The van der Waals surface area contributed by atoms with Gasteiger partial charge < -0.3 is 4.74 Å². The zero-order valence-corrected chi connectivity index (χ0v) is 7.92. The zero-order chi connectivity index (χ0) is 8.60. The minimum Gasteiger partial charge on any atom is -0.379 e. The Morgan fingerprint density at radius 1 is 1.42 bits per heavy atom. The lowest BCUT2D eigenvalue weighted by molar-refractivity contribution is -0.102. The van der Waals surface area contributed by atoms with E-state index in [-0.39, 0.29) is 0 Å². The molecule has 0 saturated carbocycles. The summed E-state index contributed by atoms with van der Waals surface area (Å²) in [5, 5.41) is 0. The number of nitrogens with zero attached hydrogens (tertiary/aromatic N) is 1. The third-order valence-corrected chi connectivity index (χ3v) is 2.84. The van der Waals surface area contributed by atoms with Gasteiger partial charge in [0.15, 0.2) is 0 Å². The van der Waals surface area contributed by atoms with Crippen LogP contribution in [0.2, 0.25) is 0 Å². The fraction of sp³-hybridized carbons (Fsp3) is 0.800. The van der Waals surface area contributed by atoms with Crippen LogP contribution in [0.4, 0.5) is 0 Å². The van der Waals surface area contributed by atoms with Crippen molar-refractivity contribution < 1.29 is 4.74 Å². The minimum atomic E-state index is 0.377. The predicted octanol–water partition coefficient (Wildman–Crippen LogP) is 1.28. The van der Waals surface area contributed by atoms with Gasteiger partial charge in [0.1, 0.15) is 0 Å². The highest BCUT2D eigenvalue weighted by molar-refractivity contribution is 5.10. The van der Waals surface area contributed by atoms with E-state index in [4.69, 9.17) is 4.74 Å². The van der Waals surface area contributed by atoms with E-state index < -0.39 is 0 Å². The van der Waals surface area contributed by atoms with E-state index in [1.165, 1.54) is 6.54 Å². The lowest BCUT2D eigenvalue weighted by Crippen LogP contribution is -2.53. The second-order valence-corrected chi connectivity index (χ2v) is 4.28. The molecule has 0 amide bonds. The van der Waals surface area contributed by atoms with Gasteiger partial charge in [0.05, 0.1) is 13.2 Å².